The molecule has 1 aliphatic carbocycles. The van der Waals surface area contributed by atoms with Crippen LogP contribution in [0.25, 0.3) is 0 Å². The molecule has 3 atom stereocenters. The predicted molar refractivity (Wildman–Crippen MR) is 93.8 cm³/mol. The fourth-order valence-corrected chi connectivity index (χ4v) is 4.06. The molecule has 0 heterocycles. The van der Waals surface area contributed by atoms with Gasteiger partial charge in [0.25, 0.3) is 0 Å². The molecule has 3 nitrogen and oxygen atoms in total. The zero-order chi connectivity index (χ0) is 15.6. The molecule has 1 aromatic carbocycles. The van der Waals surface area contributed by atoms with Gasteiger partial charge in [-0.3, -0.25) is 4.79 Å². The summed E-state index contributed by atoms with van der Waals surface area (Å²) < 4.78 is 5.23. The van der Waals surface area contributed by atoms with Crippen molar-refractivity contribution in [3.05, 3.63) is 29.8 Å². The third-order valence-corrected chi connectivity index (χ3v) is 5.12. The summed E-state index contributed by atoms with van der Waals surface area (Å²) in [7, 11) is 1.65. The van der Waals surface area contributed by atoms with Gasteiger partial charge in [0.2, 0.25) is 5.91 Å². The summed E-state index contributed by atoms with van der Waals surface area (Å²) in [4.78, 5) is 12.5. The third kappa shape index (κ3) is 3.49. The monoisotopic (exact) mass is 499 g/mol. The average Bonchev–Trinajstić information content (AvgIpc) is 2.46. The second-order valence-corrected chi connectivity index (χ2v) is 6.80. The first-order valence-corrected chi connectivity index (χ1v) is 7.86. The van der Waals surface area contributed by atoms with Crippen LogP contribution in [0.15, 0.2) is 24.3 Å². The molecule has 3 unspecified atom stereocenters. The summed E-state index contributed by atoms with van der Waals surface area (Å²) in [5.41, 5.74) is 6.42. The minimum absolute atomic E-state index is 0. The molecule has 2 N–H and O–H groups in total. The molecule has 1 saturated carbocycles. The van der Waals surface area contributed by atoms with E-state index in [1.807, 2.05) is 24.3 Å². The van der Waals surface area contributed by atoms with E-state index in [1.54, 1.807) is 7.11 Å². The molecule has 1 aromatic rings. The summed E-state index contributed by atoms with van der Waals surface area (Å²) in [6, 6.07) is 7.88. The van der Waals surface area contributed by atoms with Crippen molar-refractivity contribution in [3.8, 4) is 5.75 Å². The number of primary amides is 1. The molecular weight excluding hydrogens is 469 g/mol. The number of hydrogen-bond donors (Lipinski definition) is 1. The summed E-state index contributed by atoms with van der Waals surface area (Å²) in [5, 5.41) is 0. The summed E-state index contributed by atoms with van der Waals surface area (Å²) in [6.07, 6.45) is 3.08. The van der Waals surface area contributed by atoms with Crippen molar-refractivity contribution in [2.75, 3.05) is 7.11 Å². The van der Waals surface area contributed by atoms with E-state index in [-0.39, 0.29) is 33.2 Å². The topological polar surface area (TPSA) is 52.3 Å². The Morgan fingerprint density at radius 3 is 2.32 bits per heavy atom. The maximum absolute atomic E-state index is 12.5. The Kier molecular flexibility index (Phi) is 6.89. The van der Waals surface area contributed by atoms with Crippen molar-refractivity contribution in [1.82, 2.24) is 0 Å². The Hall–Kier alpha value is -0.588. The summed E-state index contributed by atoms with van der Waals surface area (Å²) in [5.74, 6) is 1.89. The molecule has 122 valence electrons. The van der Waals surface area contributed by atoms with Gasteiger partial charge in [-0.25, -0.2) is 0 Å². The van der Waals surface area contributed by atoms with Crippen LogP contribution >= 0.6 is 0 Å². The number of methoxy groups -OCH3 is 1. The number of nitrogens with two attached hydrogens (primary N) is 1. The molecule has 0 aliphatic heterocycles. The SMILES string of the molecule is COc1ccc(C2(C(N)=O)CC(C)CCC2C(C)C)cc1.[PbH2]. The maximum atomic E-state index is 12.5. The van der Waals surface area contributed by atoms with Crippen LogP contribution in [0.2, 0.25) is 0 Å². The van der Waals surface area contributed by atoms with E-state index in [1.165, 1.54) is 6.42 Å². The van der Waals surface area contributed by atoms with E-state index < -0.39 is 5.41 Å². The first-order valence-electron chi connectivity index (χ1n) is 7.86. The molecule has 4 heteroatoms. The van der Waals surface area contributed by atoms with Crippen molar-refractivity contribution in [2.45, 2.75) is 45.4 Å². The van der Waals surface area contributed by atoms with Crippen LogP contribution in [0.3, 0.4) is 0 Å². The second kappa shape index (κ2) is 7.80. The number of ether oxygens (including phenoxy) is 1. The van der Waals surface area contributed by atoms with E-state index in [4.69, 9.17) is 10.5 Å². The van der Waals surface area contributed by atoms with E-state index in [2.05, 4.69) is 20.8 Å². The van der Waals surface area contributed by atoms with Crippen LogP contribution in [0.1, 0.15) is 45.6 Å². The zero-order valence-electron chi connectivity index (χ0n) is 14.3. The van der Waals surface area contributed by atoms with Gasteiger partial charge >= 0.3 is 27.3 Å². The van der Waals surface area contributed by atoms with Crippen molar-refractivity contribution in [2.24, 2.45) is 23.5 Å². The molecule has 0 saturated heterocycles. The normalized spacial score (nSPS) is 28.0. The van der Waals surface area contributed by atoms with Crippen LogP contribution < -0.4 is 10.5 Å². The first kappa shape index (κ1) is 19.5. The first-order chi connectivity index (χ1) is 9.91. The Morgan fingerprint density at radius 1 is 1.27 bits per heavy atom. The molecule has 1 fully saturated rings. The quantitative estimate of drug-likeness (QED) is 0.649. The van der Waals surface area contributed by atoms with Crippen LogP contribution in [0.5, 0.6) is 5.75 Å². The number of hydrogen-bond acceptors (Lipinski definition) is 2. The van der Waals surface area contributed by atoms with Gasteiger partial charge in [-0.05, 0) is 48.3 Å². The van der Waals surface area contributed by atoms with Gasteiger partial charge in [0, 0.05) is 0 Å². The van der Waals surface area contributed by atoms with Crippen molar-refractivity contribution in [1.29, 1.82) is 0 Å². The fourth-order valence-electron chi connectivity index (χ4n) is 4.06. The molecule has 1 aliphatic rings. The van der Waals surface area contributed by atoms with Gasteiger partial charge in [-0.2, -0.15) is 0 Å². The molecule has 0 bridgehead atoms. The van der Waals surface area contributed by atoms with Gasteiger partial charge < -0.3 is 10.5 Å². The Labute approximate surface area is 154 Å². The van der Waals surface area contributed by atoms with Gasteiger partial charge in [0.05, 0.1) is 12.5 Å². The third-order valence-electron chi connectivity index (χ3n) is 5.12. The van der Waals surface area contributed by atoms with Crippen LogP contribution in [-0.2, 0) is 10.2 Å². The zero-order valence-corrected chi connectivity index (χ0v) is 19.8. The molecule has 0 spiro atoms. The van der Waals surface area contributed by atoms with Gasteiger partial charge in [0.1, 0.15) is 5.75 Å². The predicted octanol–water partition coefficient (Wildman–Crippen LogP) is 2.59. The van der Waals surface area contributed by atoms with Crippen molar-refractivity contribution in [3.63, 3.8) is 0 Å². The van der Waals surface area contributed by atoms with Crippen LogP contribution in [-0.4, -0.2) is 40.3 Å². The number of carbonyl (C=O) groups is 1. The van der Waals surface area contributed by atoms with Gasteiger partial charge in [0.15, 0.2) is 0 Å². The fraction of sp³-hybridized carbons (Fsp3) is 0.611. The van der Waals surface area contributed by atoms with Crippen LogP contribution in [0, 0.1) is 17.8 Å². The van der Waals surface area contributed by atoms with E-state index in [0.717, 1.165) is 24.2 Å². The van der Waals surface area contributed by atoms with E-state index in [0.29, 0.717) is 17.8 Å². The minimum atomic E-state index is -0.544. The molecule has 2 radical (unpaired) electrons. The summed E-state index contributed by atoms with van der Waals surface area (Å²) in [6.45, 7) is 6.61. The Morgan fingerprint density at radius 2 is 1.86 bits per heavy atom. The van der Waals surface area contributed by atoms with E-state index >= 15 is 0 Å². The standard InChI is InChI=1S/C18H27NO2.Pb.2H/c1-12(2)16-10-5-13(3)11-18(16,17(19)20)14-6-8-15(21-4)9-7-14;;;/h6-9,12-13,16H,5,10-11H2,1-4H3,(H2,19,20);;;. The number of amides is 1. The van der Waals surface area contributed by atoms with Gasteiger partial charge in [-0.1, -0.05) is 39.3 Å². The molecular formula is C18H29NO2Pb. The number of carbonyl (C=O) groups excluding carboxylic acids is 1. The average molecular weight is 499 g/mol. The number of benzene rings is 1. The van der Waals surface area contributed by atoms with Crippen molar-refractivity contribution >= 4 is 33.2 Å². The number of rotatable bonds is 4. The molecule has 0 aromatic heterocycles. The van der Waals surface area contributed by atoms with Crippen LogP contribution in [0.4, 0.5) is 0 Å². The summed E-state index contributed by atoms with van der Waals surface area (Å²) >= 11 is 0. The molecule has 2 rings (SSSR count). The second-order valence-electron chi connectivity index (χ2n) is 6.80. The Bertz CT molecular complexity index is 500. The van der Waals surface area contributed by atoms with Crippen molar-refractivity contribution < 1.29 is 9.53 Å². The van der Waals surface area contributed by atoms with E-state index in [9.17, 15) is 4.79 Å². The molecule has 22 heavy (non-hydrogen) atoms. The Balaban J connectivity index is 0.00000242. The van der Waals surface area contributed by atoms with Gasteiger partial charge in [-0.15, -0.1) is 0 Å². The molecule has 1 amide bonds.